The van der Waals surface area contributed by atoms with Crippen molar-refractivity contribution in [2.45, 2.75) is 16.7 Å². The van der Waals surface area contributed by atoms with Crippen LogP contribution in [0.3, 0.4) is 0 Å². The van der Waals surface area contributed by atoms with Crippen LogP contribution in [-0.2, 0) is 9.84 Å². The third-order valence-corrected chi connectivity index (χ3v) is 4.56. The lowest BCUT2D eigenvalue weighted by Gasteiger charge is -2.09. The van der Waals surface area contributed by atoms with E-state index in [1.54, 1.807) is 0 Å². The van der Waals surface area contributed by atoms with Crippen molar-refractivity contribution in [2.75, 3.05) is 0 Å². The Morgan fingerprint density at radius 2 is 1.68 bits per heavy atom. The third kappa shape index (κ3) is 2.39. The molecule has 0 aromatic heterocycles. The van der Waals surface area contributed by atoms with Gasteiger partial charge in [0.15, 0.2) is 11.5 Å². The molecular formula is C13H11FO4S. The van der Waals surface area contributed by atoms with E-state index in [0.29, 0.717) is 0 Å². The van der Waals surface area contributed by atoms with Gasteiger partial charge in [-0.15, -0.1) is 0 Å². The van der Waals surface area contributed by atoms with E-state index < -0.39 is 27.2 Å². The first-order valence-corrected chi connectivity index (χ1v) is 6.84. The first-order chi connectivity index (χ1) is 8.82. The number of phenolic OH excluding ortho intramolecular Hbond substituents is 2. The van der Waals surface area contributed by atoms with Crippen molar-refractivity contribution in [3.63, 3.8) is 0 Å². The smallest absolute Gasteiger partial charge is 0.207 e. The van der Waals surface area contributed by atoms with Gasteiger partial charge < -0.3 is 10.2 Å². The fourth-order valence-corrected chi connectivity index (χ4v) is 3.24. The predicted molar refractivity (Wildman–Crippen MR) is 66.4 cm³/mol. The zero-order chi connectivity index (χ0) is 14.2. The van der Waals surface area contributed by atoms with Crippen molar-refractivity contribution in [3.8, 4) is 11.5 Å². The van der Waals surface area contributed by atoms with E-state index in [1.165, 1.54) is 19.1 Å². The molecule has 2 N–H and O–H groups in total. The van der Waals surface area contributed by atoms with Gasteiger partial charge in [-0.2, -0.15) is 0 Å². The van der Waals surface area contributed by atoms with Crippen LogP contribution < -0.4 is 0 Å². The zero-order valence-corrected chi connectivity index (χ0v) is 10.8. The fraction of sp³-hybridized carbons (Fsp3) is 0.0769. The second kappa shape index (κ2) is 4.55. The second-order valence-electron chi connectivity index (χ2n) is 4.07. The molecule has 0 heterocycles. The number of benzene rings is 2. The lowest BCUT2D eigenvalue weighted by Crippen LogP contribution is -2.04. The lowest BCUT2D eigenvalue weighted by molar-refractivity contribution is 0.401. The molecule has 0 amide bonds. The van der Waals surface area contributed by atoms with Crippen molar-refractivity contribution in [1.29, 1.82) is 0 Å². The molecule has 0 aliphatic carbocycles. The summed E-state index contributed by atoms with van der Waals surface area (Å²) in [5.74, 6) is -1.61. The average molecular weight is 282 g/mol. The Kier molecular flexibility index (Phi) is 3.20. The van der Waals surface area contributed by atoms with Crippen LogP contribution in [0.4, 0.5) is 4.39 Å². The number of halogens is 1. The van der Waals surface area contributed by atoms with Crippen molar-refractivity contribution in [2.24, 2.45) is 0 Å². The predicted octanol–water partition coefficient (Wildman–Crippen LogP) is 2.38. The molecule has 0 fully saturated rings. The molecule has 19 heavy (non-hydrogen) atoms. The number of rotatable bonds is 2. The molecule has 0 aliphatic rings. The maximum absolute atomic E-state index is 13.1. The fourth-order valence-electron chi connectivity index (χ4n) is 1.71. The van der Waals surface area contributed by atoms with E-state index >= 15 is 0 Å². The molecule has 0 unspecified atom stereocenters. The van der Waals surface area contributed by atoms with Crippen LogP contribution in [0.1, 0.15) is 5.56 Å². The minimum atomic E-state index is -3.94. The van der Waals surface area contributed by atoms with Crippen LogP contribution in [0, 0.1) is 12.7 Å². The van der Waals surface area contributed by atoms with Crippen molar-refractivity contribution >= 4 is 9.84 Å². The molecule has 0 radical (unpaired) electrons. The summed E-state index contributed by atoms with van der Waals surface area (Å²) in [5, 5.41) is 18.7. The molecular weight excluding hydrogens is 271 g/mol. The minimum absolute atomic E-state index is 0.173. The summed E-state index contributed by atoms with van der Waals surface area (Å²) in [7, 11) is -3.94. The van der Waals surface area contributed by atoms with Gasteiger partial charge in [-0.3, -0.25) is 0 Å². The van der Waals surface area contributed by atoms with Gasteiger partial charge in [-0.1, -0.05) is 6.07 Å². The average Bonchev–Trinajstić information content (AvgIpc) is 2.33. The topological polar surface area (TPSA) is 74.6 Å². The number of phenols is 2. The van der Waals surface area contributed by atoms with Crippen LogP contribution >= 0.6 is 0 Å². The highest BCUT2D eigenvalue weighted by atomic mass is 32.2. The van der Waals surface area contributed by atoms with E-state index in [0.717, 1.165) is 24.3 Å². The van der Waals surface area contributed by atoms with Gasteiger partial charge in [0, 0.05) is 6.07 Å². The molecule has 100 valence electrons. The Labute approximate surface area is 109 Å². The summed E-state index contributed by atoms with van der Waals surface area (Å²) in [5.41, 5.74) is 0.263. The van der Waals surface area contributed by atoms with Crippen LogP contribution in [0.2, 0.25) is 0 Å². The molecule has 0 saturated heterocycles. The Balaban J connectivity index is 2.67. The summed E-state index contributed by atoms with van der Waals surface area (Å²) in [6.07, 6.45) is 0. The van der Waals surface area contributed by atoms with Gasteiger partial charge in [0.05, 0.1) is 9.79 Å². The Morgan fingerprint density at radius 3 is 2.32 bits per heavy atom. The van der Waals surface area contributed by atoms with Gasteiger partial charge in [-0.25, -0.2) is 12.8 Å². The molecule has 0 saturated carbocycles. The largest absolute Gasteiger partial charge is 0.504 e. The van der Waals surface area contributed by atoms with Crippen molar-refractivity contribution in [1.82, 2.24) is 0 Å². The van der Waals surface area contributed by atoms with Gasteiger partial charge in [0.2, 0.25) is 9.84 Å². The van der Waals surface area contributed by atoms with Crippen molar-refractivity contribution in [3.05, 3.63) is 47.8 Å². The molecule has 0 atom stereocenters. The van der Waals surface area contributed by atoms with E-state index in [-0.39, 0.29) is 15.4 Å². The minimum Gasteiger partial charge on any atom is -0.504 e. The molecule has 4 nitrogen and oxygen atoms in total. The number of sulfone groups is 1. The molecule has 0 bridgehead atoms. The van der Waals surface area contributed by atoms with E-state index in [4.69, 9.17) is 0 Å². The third-order valence-electron chi connectivity index (χ3n) is 2.67. The van der Waals surface area contributed by atoms with E-state index in [2.05, 4.69) is 0 Å². The van der Waals surface area contributed by atoms with E-state index in [1.807, 2.05) is 0 Å². The van der Waals surface area contributed by atoms with Crippen LogP contribution in [-0.4, -0.2) is 18.6 Å². The Hall–Kier alpha value is -2.08. The number of hydrogen-bond acceptors (Lipinski definition) is 4. The molecule has 2 aromatic rings. The highest BCUT2D eigenvalue weighted by Crippen LogP contribution is 2.33. The summed E-state index contributed by atoms with van der Waals surface area (Å²) < 4.78 is 37.7. The Morgan fingerprint density at radius 1 is 1.05 bits per heavy atom. The summed E-state index contributed by atoms with van der Waals surface area (Å²) >= 11 is 0. The number of aromatic hydroxyl groups is 2. The van der Waals surface area contributed by atoms with Gasteiger partial charge in [0.1, 0.15) is 5.82 Å². The van der Waals surface area contributed by atoms with Gasteiger partial charge in [-0.05, 0) is 36.8 Å². The Bertz CT molecular complexity index is 738. The molecule has 0 spiro atoms. The maximum atomic E-state index is 13.1. The number of hydrogen-bond donors (Lipinski definition) is 2. The first-order valence-electron chi connectivity index (χ1n) is 5.35. The summed E-state index contributed by atoms with van der Waals surface area (Å²) in [6.45, 7) is 1.48. The monoisotopic (exact) mass is 282 g/mol. The normalized spacial score (nSPS) is 11.5. The van der Waals surface area contributed by atoms with E-state index in [9.17, 15) is 23.0 Å². The SMILES string of the molecule is Cc1cc(O)c(O)cc1S(=O)(=O)c1cccc(F)c1. The summed E-state index contributed by atoms with van der Waals surface area (Å²) in [6, 6.07) is 6.69. The first kappa shape index (κ1) is 13.4. The lowest BCUT2D eigenvalue weighted by atomic mass is 10.2. The second-order valence-corrected chi connectivity index (χ2v) is 5.99. The summed E-state index contributed by atoms with van der Waals surface area (Å²) in [4.78, 5) is -0.380. The number of aryl methyl sites for hydroxylation is 1. The molecule has 2 aromatic carbocycles. The molecule has 0 aliphatic heterocycles. The van der Waals surface area contributed by atoms with Gasteiger partial charge >= 0.3 is 0 Å². The van der Waals surface area contributed by atoms with Crippen LogP contribution in [0.25, 0.3) is 0 Å². The maximum Gasteiger partial charge on any atom is 0.207 e. The molecule has 2 rings (SSSR count). The highest BCUT2D eigenvalue weighted by Gasteiger charge is 2.22. The zero-order valence-electron chi connectivity index (χ0n) is 9.96. The van der Waals surface area contributed by atoms with Crippen LogP contribution in [0.5, 0.6) is 11.5 Å². The highest BCUT2D eigenvalue weighted by molar-refractivity contribution is 7.91. The van der Waals surface area contributed by atoms with Gasteiger partial charge in [0.25, 0.3) is 0 Å². The van der Waals surface area contributed by atoms with Crippen LogP contribution in [0.15, 0.2) is 46.2 Å². The quantitative estimate of drug-likeness (QED) is 0.829. The standard InChI is InChI=1S/C13H11FO4S/c1-8-5-11(15)12(16)7-13(8)19(17,18)10-4-2-3-9(14)6-10/h2-7,15-16H,1H3. The molecule has 6 heteroatoms. The van der Waals surface area contributed by atoms with Crippen molar-refractivity contribution < 1.29 is 23.0 Å².